The van der Waals surface area contributed by atoms with Crippen LogP contribution in [0.25, 0.3) is 0 Å². The van der Waals surface area contributed by atoms with Gasteiger partial charge < -0.3 is 9.47 Å². The monoisotopic (exact) mass is 300 g/mol. The van der Waals surface area contributed by atoms with Gasteiger partial charge in [-0.15, -0.1) is 0 Å². The minimum Gasteiger partial charge on any atom is -0.381 e. The van der Waals surface area contributed by atoms with Crippen LogP contribution in [0.1, 0.15) is 31.7 Å². The smallest absolute Gasteiger partial charge is 0.0746 e. The SMILES string of the molecule is Brc1cnn(C2CCOC3(CCOCC3)C2)c1. The van der Waals surface area contributed by atoms with Gasteiger partial charge in [-0.05, 0) is 41.6 Å². The highest BCUT2D eigenvalue weighted by Crippen LogP contribution is 2.38. The van der Waals surface area contributed by atoms with E-state index in [1.165, 1.54) is 0 Å². The Balaban J connectivity index is 1.74. The summed E-state index contributed by atoms with van der Waals surface area (Å²) in [5.41, 5.74) is 0.0413. The van der Waals surface area contributed by atoms with Crippen molar-refractivity contribution in [3.05, 3.63) is 16.9 Å². The summed E-state index contributed by atoms with van der Waals surface area (Å²) in [6.45, 7) is 2.49. The van der Waals surface area contributed by atoms with Gasteiger partial charge in [0, 0.05) is 26.0 Å². The molecule has 4 nitrogen and oxygen atoms in total. The third-order valence-electron chi connectivity index (χ3n) is 3.82. The van der Waals surface area contributed by atoms with Gasteiger partial charge >= 0.3 is 0 Å². The fourth-order valence-corrected chi connectivity index (χ4v) is 3.14. The molecular weight excluding hydrogens is 284 g/mol. The van der Waals surface area contributed by atoms with Crippen molar-refractivity contribution in [1.29, 1.82) is 0 Å². The normalized spacial score (nSPS) is 28.4. The molecule has 1 atom stereocenters. The summed E-state index contributed by atoms with van der Waals surface area (Å²) in [5, 5.41) is 4.40. The van der Waals surface area contributed by atoms with Gasteiger partial charge in [-0.1, -0.05) is 0 Å². The van der Waals surface area contributed by atoms with Crippen LogP contribution in [0.2, 0.25) is 0 Å². The first-order valence-electron chi connectivity index (χ1n) is 6.19. The molecule has 2 aliphatic heterocycles. The molecule has 0 N–H and O–H groups in total. The van der Waals surface area contributed by atoms with Crippen molar-refractivity contribution in [3.63, 3.8) is 0 Å². The van der Waals surface area contributed by atoms with E-state index in [2.05, 4.69) is 31.9 Å². The lowest BCUT2D eigenvalue weighted by Gasteiger charge is -2.43. The first-order chi connectivity index (χ1) is 8.27. The highest BCUT2D eigenvalue weighted by molar-refractivity contribution is 9.10. The fourth-order valence-electron chi connectivity index (χ4n) is 2.83. The molecule has 3 heterocycles. The van der Waals surface area contributed by atoms with Crippen LogP contribution in [0.5, 0.6) is 0 Å². The maximum atomic E-state index is 6.03. The molecule has 1 spiro atoms. The summed E-state index contributed by atoms with van der Waals surface area (Å²) in [4.78, 5) is 0. The quantitative estimate of drug-likeness (QED) is 0.800. The Labute approximate surface area is 109 Å². The molecular formula is C12H17BrN2O2. The van der Waals surface area contributed by atoms with Crippen molar-refractivity contribution in [2.45, 2.75) is 37.3 Å². The number of aromatic nitrogens is 2. The number of nitrogens with zero attached hydrogens (tertiary/aromatic N) is 2. The van der Waals surface area contributed by atoms with Gasteiger partial charge in [-0.25, -0.2) is 0 Å². The first-order valence-corrected chi connectivity index (χ1v) is 6.98. The number of hydrogen-bond donors (Lipinski definition) is 0. The minimum absolute atomic E-state index is 0.0413. The van der Waals surface area contributed by atoms with Crippen LogP contribution >= 0.6 is 15.9 Å². The van der Waals surface area contributed by atoms with E-state index in [-0.39, 0.29) is 5.60 Å². The molecule has 0 saturated carbocycles. The van der Waals surface area contributed by atoms with Gasteiger partial charge in [-0.3, -0.25) is 4.68 Å². The van der Waals surface area contributed by atoms with Gasteiger partial charge in [-0.2, -0.15) is 5.10 Å². The van der Waals surface area contributed by atoms with E-state index in [9.17, 15) is 0 Å². The molecule has 2 aliphatic rings. The fraction of sp³-hybridized carbons (Fsp3) is 0.750. The van der Waals surface area contributed by atoms with Crippen LogP contribution < -0.4 is 0 Å². The molecule has 1 aromatic rings. The molecule has 0 bridgehead atoms. The maximum absolute atomic E-state index is 6.03. The third kappa shape index (κ3) is 2.41. The van der Waals surface area contributed by atoms with Crippen LogP contribution in [0.3, 0.4) is 0 Å². The van der Waals surface area contributed by atoms with E-state index < -0.39 is 0 Å². The molecule has 1 aromatic heterocycles. The van der Waals surface area contributed by atoms with E-state index in [1.54, 1.807) is 0 Å². The van der Waals surface area contributed by atoms with Crippen molar-refractivity contribution in [3.8, 4) is 0 Å². The predicted molar refractivity (Wildman–Crippen MR) is 66.9 cm³/mol. The van der Waals surface area contributed by atoms with Crippen molar-refractivity contribution >= 4 is 15.9 Å². The Hall–Kier alpha value is -0.390. The van der Waals surface area contributed by atoms with Gasteiger partial charge in [0.15, 0.2) is 0 Å². The van der Waals surface area contributed by atoms with E-state index in [1.807, 2.05) is 6.20 Å². The second kappa shape index (κ2) is 4.71. The summed E-state index contributed by atoms with van der Waals surface area (Å²) in [6, 6.07) is 0.466. The summed E-state index contributed by atoms with van der Waals surface area (Å²) in [5.74, 6) is 0. The zero-order chi connectivity index (χ0) is 11.7. The Morgan fingerprint density at radius 3 is 2.88 bits per heavy atom. The van der Waals surface area contributed by atoms with Crippen molar-refractivity contribution in [2.24, 2.45) is 0 Å². The van der Waals surface area contributed by atoms with Crippen molar-refractivity contribution < 1.29 is 9.47 Å². The van der Waals surface area contributed by atoms with Crippen LogP contribution in [0.4, 0.5) is 0 Å². The van der Waals surface area contributed by atoms with Gasteiger partial charge in [0.1, 0.15) is 0 Å². The number of ether oxygens (including phenoxy) is 2. The number of halogens is 1. The van der Waals surface area contributed by atoms with Crippen molar-refractivity contribution in [1.82, 2.24) is 9.78 Å². The molecule has 0 aromatic carbocycles. The van der Waals surface area contributed by atoms with Gasteiger partial charge in [0.2, 0.25) is 0 Å². The molecule has 1 unspecified atom stereocenters. The van der Waals surface area contributed by atoms with Crippen LogP contribution in [-0.4, -0.2) is 35.2 Å². The third-order valence-corrected chi connectivity index (χ3v) is 4.22. The Bertz CT molecular complexity index is 382. The zero-order valence-corrected chi connectivity index (χ0v) is 11.4. The van der Waals surface area contributed by atoms with E-state index >= 15 is 0 Å². The summed E-state index contributed by atoms with van der Waals surface area (Å²) < 4.78 is 14.6. The molecule has 2 saturated heterocycles. The highest BCUT2D eigenvalue weighted by atomic mass is 79.9. The van der Waals surface area contributed by atoms with E-state index in [0.717, 1.165) is 50.0 Å². The molecule has 0 amide bonds. The average Bonchev–Trinajstić information content (AvgIpc) is 2.77. The molecule has 17 heavy (non-hydrogen) atoms. The predicted octanol–water partition coefficient (Wildman–Crippen LogP) is 2.55. The Morgan fingerprint density at radius 2 is 2.18 bits per heavy atom. The zero-order valence-electron chi connectivity index (χ0n) is 9.77. The topological polar surface area (TPSA) is 36.3 Å². The molecule has 0 radical (unpaired) electrons. The second-order valence-electron chi connectivity index (χ2n) is 4.93. The molecule has 2 fully saturated rings. The van der Waals surface area contributed by atoms with Crippen LogP contribution in [0, 0.1) is 0 Å². The lowest BCUT2D eigenvalue weighted by Crippen LogP contribution is -2.44. The molecule has 3 rings (SSSR count). The average molecular weight is 301 g/mol. The van der Waals surface area contributed by atoms with Gasteiger partial charge in [0.25, 0.3) is 0 Å². The van der Waals surface area contributed by atoms with Crippen LogP contribution in [-0.2, 0) is 9.47 Å². The minimum atomic E-state index is 0.0413. The Morgan fingerprint density at radius 1 is 1.35 bits per heavy atom. The van der Waals surface area contributed by atoms with Crippen LogP contribution in [0.15, 0.2) is 16.9 Å². The first kappa shape index (κ1) is 11.7. The summed E-state index contributed by atoms with van der Waals surface area (Å²) in [6.07, 6.45) is 8.06. The molecule has 0 aliphatic carbocycles. The second-order valence-corrected chi connectivity index (χ2v) is 5.84. The lowest BCUT2D eigenvalue weighted by molar-refractivity contribution is -0.145. The molecule has 5 heteroatoms. The summed E-state index contributed by atoms with van der Waals surface area (Å²) in [7, 11) is 0. The molecule has 94 valence electrons. The lowest BCUT2D eigenvalue weighted by atomic mass is 9.84. The van der Waals surface area contributed by atoms with Crippen molar-refractivity contribution in [2.75, 3.05) is 19.8 Å². The van der Waals surface area contributed by atoms with E-state index in [0.29, 0.717) is 6.04 Å². The standard InChI is InChI=1S/C12H17BrN2O2/c13-10-8-14-15(9-10)11-1-4-17-12(7-11)2-5-16-6-3-12/h8-9,11H,1-7H2. The number of hydrogen-bond acceptors (Lipinski definition) is 3. The highest BCUT2D eigenvalue weighted by Gasteiger charge is 2.39. The van der Waals surface area contributed by atoms with Gasteiger partial charge in [0.05, 0.1) is 22.3 Å². The summed E-state index contributed by atoms with van der Waals surface area (Å²) >= 11 is 3.45. The maximum Gasteiger partial charge on any atom is 0.0746 e. The van der Waals surface area contributed by atoms with E-state index in [4.69, 9.17) is 9.47 Å². The largest absolute Gasteiger partial charge is 0.381 e. The Kier molecular flexibility index (Phi) is 3.23. The number of rotatable bonds is 1.